The zero-order valence-electron chi connectivity index (χ0n) is 24.1. The molecular weight excluding hydrogens is 510 g/mol. The Morgan fingerprint density at radius 3 is 2.40 bits per heavy atom. The molecule has 2 aliphatic rings. The zero-order valence-corrected chi connectivity index (χ0v) is 24.1. The van der Waals surface area contributed by atoms with Gasteiger partial charge in [-0.25, -0.2) is 0 Å². The van der Waals surface area contributed by atoms with Gasteiger partial charge in [0.15, 0.2) is 17.4 Å². The summed E-state index contributed by atoms with van der Waals surface area (Å²) < 4.78 is 15.8. The van der Waals surface area contributed by atoms with Crippen LogP contribution in [-0.4, -0.2) is 83.7 Å². The number of piperazine rings is 1. The molecule has 0 aromatic heterocycles. The van der Waals surface area contributed by atoms with Gasteiger partial charge in [-0.3, -0.25) is 14.5 Å². The van der Waals surface area contributed by atoms with E-state index in [0.29, 0.717) is 37.8 Å². The molecule has 0 spiro atoms. The number of hydrogen-bond acceptors (Lipinski definition) is 8. The molecule has 2 aromatic carbocycles. The molecule has 1 amide bonds. The van der Waals surface area contributed by atoms with E-state index >= 15 is 0 Å². The van der Waals surface area contributed by atoms with Crippen molar-refractivity contribution in [3.8, 4) is 11.5 Å². The number of ether oxygens (including phenoxy) is 3. The molecular formula is C31H41N3O6. The maximum Gasteiger partial charge on any atom is 0.302 e. The minimum Gasteiger partial charge on any atom is -0.504 e. The minimum atomic E-state index is -0.337. The lowest BCUT2D eigenvalue weighted by Crippen LogP contribution is -2.48. The summed E-state index contributed by atoms with van der Waals surface area (Å²) in [4.78, 5) is 30.9. The molecule has 0 saturated carbocycles. The van der Waals surface area contributed by atoms with Crippen LogP contribution in [0.1, 0.15) is 54.2 Å². The SMILES string of the molecule is C=C(OCCOC(C)=O)N1CCN(C(=O)c2cccc3c2CN(C(C)(C)CCc2ccc(O)c(OC)c2)C3)CC1. The zero-order chi connectivity index (χ0) is 28.9. The van der Waals surface area contributed by atoms with Crippen LogP contribution in [0.25, 0.3) is 0 Å². The van der Waals surface area contributed by atoms with Gasteiger partial charge in [-0.1, -0.05) is 18.2 Å². The number of methoxy groups -OCH3 is 1. The van der Waals surface area contributed by atoms with Crippen molar-refractivity contribution >= 4 is 11.9 Å². The predicted octanol–water partition coefficient (Wildman–Crippen LogP) is 3.94. The molecule has 0 bridgehead atoms. The molecule has 0 atom stereocenters. The molecule has 4 rings (SSSR count). The highest BCUT2D eigenvalue weighted by atomic mass is 16.6. The third-order valence-electron chi connectivity index (χ3n) is 7.92. The van der Waals surface area contributed by atoms with Crippen molar-refractivity contribution in [2.75, 3.05) is 46.5 Å². The average molecular weight is 552 g/mol. The molecule has 2 heterocycles. The van der Waals surface area contributed by atoms with Crippen LogP contribution in [0.4, 0.5) is 0 Å². The fraction of sp³-hybridized carbons (Fsp3) is 0.484. The molecule has 0 unspecified atom stereocenters. The van der Waals surface area contributed by atoms with Gasteiger partial charge >= 0.3 is 5.97 Å². The van der Waals surface area contributed by atoms with Gasteiger partial charge in [0, 0.05) is 57.3 Å². The Morgan fingerprint density at radius 1 is 1.00 bits per heavy atom. The second-order valence-corrected chi connectivity index (χ2v) is 11.0. The van der Waals surface area contributed by atoms with E-state index in [1.807, 2.05) is 34.1 Å². The number of esters is 1. The first-order chi connectivity index (χ1) is 19.1. The Bertz CT molecular complexity index is 1240. The number of carbonyl (C=O) groups excluding carboxylic acids is 2. The lowest BCUT2D eigenvalue weighted by atomic mass is 9.93. The summed E-state index contributed by atoms with van der Waals surface area (Å²) in [6.45, 7) is 14.3. The summed E-state index contributed by atoms with van der Waals surface area (Å²) in [7, 11) is 1.56. The van der Waals surface area contributed by atoms with E-state index in [4.69, 9.17) is 14.2 Å². The molecule has 0 radical (unpaired) electrons. The van der Waals surface area contributed by atoms with E-state index in [0.717, 1.165) is 42.6 Å². The van der Waals surface area contributed by atoms with Gasteiger partial charge in [0.05, 0.1) is 7.11 Å². The number of rotatable bonds is 11. The minimum absolute atomic E-state index is 0.0636. The lowest BCUT2D eigenvalue weighted by molar-refractivity contribution is -0.142. The third-order valence-corrected chi connectivity index (χ3v) is 7.92. The lowest BCUT2D eigenvalue weighted by Gasteiger charge is -2.37. The van der Waals surface area contributed by atoms with Gasteiger partial charge in [0.25, 0.3) is 5.91 Å². The number of aryl methyl sites for hydroxylation is 1. The van der Waals surface area contributed by atoms with Crippen LogP contribution in [0.3, 0.4) is 0 Å². The van der Waals surface area contributed by atoms with Gasteiger partial charge in [0.1, 0.15) is 13.2 Å². The summed E-state index contributed by atoms with van der Waals surface area (Å²) in [5.74, 6) is 0.894. The monoisotopic (exact) mass is 551 g/mol. The first kappa shape index (κ1) is 29.3. The summed E-state index contributed by atoms with van der Waals surface area (Å²) in [5, 5.41) is 9.90. The molecule has 216 valence electrons. The first-order valence-corrected chi connectivity index (χ1v) is 13.8. The van der Waals surface area contributed by atoms with Crippen LogP contribution in [-0.2, 0) is 33.8 Å². The van der Waals surface area contributed by atoms with Crippen molar-refractivity contribution in [1.29, 1.82) is 0 Å². The standard InChI is InChI=1S/C31H41N3O6/c1-22(39-17-18-40-23(2)35)32-13-15-33(16-14-32)30(37)26-8-6-7-25-20-34(21-27(25)26)31(3,4)12-11-24-9-10-28(36)29(19-24)38-5/h6-10,19,36H,1,11-18,20-21H2,2-5H3. The molecule has 2 aliphatic heterocycles. The second-order valence-electron chi connectivity index (χ2n) is 11.0. The Kier molecular flexibility index (Phi) is 9.25. The number of aromatic hydroxyl groups is 1. The highest BCUT2D eigenvalue weighted by Crippen LogP contribution is 2.35. The molecule has 2 aromatic rings. The van der Waals surface area contributed by atoms with E-state index in [1.54, 1.807) is 13.2 Å². The van der Waals surface area contributed by atoms with E-state index in [9.17, 15) is 14.7 Å². The maximum atomic E-state index is 13.6. The van der Waals surface area contributed by atoms with Crippen LogP contribution in [0.5, 0.6) is 11.5 Å². The van der Waals surface area contributed by atoms with Crippen molar-refractivity contribution in [3.63, 3.8) is 0 Å². The van der Waals surface area contributed by atoms with Crippen molar-refractivity contribution < 1.29 is 28.9 Å². The summed E-state index contributed by atoms with van der Waals surface area (Å²) in [6.07, 6.45) is 1.78. The van der Waals surface area contributed by atoms with Gasteiger partial charge in [0.2, 0.25) is 0 Å². The largest absolute Gasteiger partial charge is 0.504 e. The van der Waals surface area contributed by atoms with E-state index < -0.39 is 0 Å². The Labute approximate surface area is 236 Å². The maximum absolute atomic E-state index is 13.6. The normalized spacial score (nSPS) is 15.5. The highest BCUT2D eigenvalue weighted by Gasteiger charge is 2.34. The number of phenols is 1. The van der Waals surface area contributed by atoms with Crippen molar-refractivity contribution in [3.05, 3.63) is 71.1 Å². The second kappa shape index (κ2) is 12.6. The average Bonchev–Trinajstić information content (AvgIpc) is 3.40. The fourth-order valence-corrected chi connectivity index (χ4v) is 5.30. The van der Waals surface area contributed by atoms with Gasteiger partial charge in [-0.2, -0.15) is 0 Å². The first-order valence-electron chi connectivity index (χ1n) is 13.8. The smallest absolute Gasteiger partial charge is 0.302 e. The molecule has 1 N–H and O–H groups in total. The number of hydrogen-bond donors (Lipinski definition) is 1. The third kappa shape index (κ3) is 6.88. The van der Waals surface area contributed by atoms with Crippen LogP contribution < -0.4 is 4.74 Å². The number of carbonyl (C=O) groups is 2. The number of phenolic OH excluding ortho intramolecular Hbond substituents is 1. The Balaban J connectivity index is 1.33. The van der Waals surface area contributed by atoms with Crippen molar-refractivity contribution in [1.82, 2.24) is 14.7 Å². The molecule has 9 nitrogen and oxygen atoms in total. The highest BCUT2D eigenvalue weighted by molar-refractivity contribution is 5.96. The summed E-state index contributed by atoms with van der Waals surface area (Å²) in [5.41, 5.74) is 4.13. The van der Waals surface area contributed by atoms with Gasteiger partial charge in [-0.15, -0.1) is 0 Å². The van der Waals surface area contributed by atoms with E-state index in [-0.39, 0.29) is 36.4 Å². The molecule has 1 saturated heterocycles. The molecule has 9 heteroatoms. The Hall–Kier alpha value is -3.72. The molecule has 0 aliphatic carbocycles. The number of nitrogens with zero attached hydrogens (tertiary/aromatic N) is 3. The Morgan fingerprint density at radius 2 is 1.70 bits per heavy atom. The van der Waals surface area contributed by atoms with Crippen LogP contribution >= 0.6 is 0 Å². The quantitative estimate of drug-likeness (QED) is 0.255. The van der Waals surface area contributed by atoms with Crippen LogP contribution in [0.2, 0.25) is 0 Å². The molecule has 1 fully saturated rings. The van der Waals surface area contributed by atoms with Gasteiger partial charge < -0.3 is 29.1 Å². The van der Waals surface area contributed by atoms with E-state index in [2.05, 4.69) is 31.4 Å². The topological polar surface area (TPSA) is 91.8 Å². The summed E-state index contributed by atoms with van der Waals surface area (Å²) >= 11 is 0. The van der Waals surface area contributed by atoms with E-state index in [1.165, 1.54) is 12.5 Å². The van der Waals surface area contributed by atoms with Crippen molar-refractivity contribution in [2.24, 2.45) is 0 Å². The van der Waals surface area contributed by atoms with Crippen LogP contribution in [0.15, 0.2) is 48.9 Å². The molecule has 40 heavy (non-hydrogen) atoms. The van der Waals surface area contributed by atoms with Gasteiger partial charge in [-0.05, 0) is 68.2 Å². The fourth-order valence-electron chi connectivity index (χ4n) is 5.30. The number of fused-ring (bicyclic) bond motifs is 1. The van der Waals surface area contributed by atoms with Crippen LogP contribution in [0, 0.1) is 0 Å². The number of amides is 1. The summed E-state index contributed by atoms with van der Waals surface area (Å²) in [6, 6.07) is 11.6. The van der Waals surface area contributed by atoms with Crippen molar-refractivity contribution in [2.45, 2.75) is 52.2 Å². The predicted molar refractivity (Wildman–Crippen MR) is 152 cm³/mol. The number of benzene rings is 2.